The molecule has 0 radical (unpaired) electrons. The molecule has 27 heavy (non-hydrogen) atoms. The fourth-order valence-electron chi connectivity index (χ4n) is 2.92. The van der Waals surface area contributed by atoms with Gasteiger partial charge in [0.15, 0.2) is 0 Å². The molecule has 0 saturated carbocycles. The molecule has 3 aromatic rings. The Balaban J connectivity index is 2.35. The Kier molecular flexibility index (Phi) is 5.98. The minimum atomic E-state index is -4.46. The van der Waals surface area contributed by atoms with Crippen LogP contribution in [0.25, 0.3) is 0 Å². The SMILES string of the molecule is COc1ccccc1P(c1ccccc1OC)c1ccccc1P(=O)(O)O. The van der Waals surface area contributed by atoms with Gasteiger partial charge in [-0.2, -0.15) is 0 Å². The molecule has 3 aromatic carbocycles. The predicted octanol–water partition coefficient (Wildman–Crippen LogP) is 2.27. The Bertz CT molecular complexity index is 936. The van der Waals surface area contributed by atoms with Gasteiger partial charge in [0.05, 0.1) is 19.5 Å². The summed E-state index contributed by atoms with van der Waals surface area (Å²) in [6.45, 7) is 0. The highest BCUT2D eigenvalue weighted by molar-refractivity contribution is 7.82. The summed E-state index contributed by atoms with van der Waals surface area (Å²) >= 11 is 0. The molecule has 0 saturated heterocycles. The number of methoxy groups -OCH3 is 2. The summed E-state index contributed by atoms with van der Waals surface area (Å²) in [5, 5.41) is 2.32. The van der Waals surface area contributed by atoms with Crippen LogP contribution in [0.15, 0.2) is 72.8 Å². The standard InChI is InChI=1S/C20H20O5P2/c1-24-15-9-3-5-11-17(15)26(18-12-6-4-10-16(18)25-2)19-13-7-8-14-20(19)27(21,22)23/h3-14H,1-2H3,(H2,21,22,23). The molecule has 0 amide bonds. The van der Waals surface area contributed by atoms with Gasteiger partial charge in [0.2, 0.25) is 0 Å². The van der Waals surface area contributed by atoms with Crippen LogP contribution in [0.1, 0.15) is 0 Å². The van der Waals surface area contributed by atoms with E-state index < -0.39 is 15.5 Å². The highest BCUT2D eigenvalue weighted by Gasteiger charge is 2.30. The topological polar surface area (TPSA) is 76.0 Å². The number of para-hydroxylation sites is 2. The van der Waals surface area contributed by atoms with Crippen LogP contribution < -0.4 is 30.7 Å². The van der Waals surface area contributed by atoms with Crippen molar-refractivity contribution in [1.29, 1.82) is 0 Å². The molecule has 0 fully saturated rings. The summed E-state index contributed by atoms with van der Waals surface area (Å²) in [4.78, 5) is 19.8. The van der Waals surface area contributed by atoms with Crippen molar-refractivity contribution in [3.8, 4) is 11.5 Å². The predicted molar refractivity (Wildman–Crippen MR) is 110 cm³/mol. The summed E-state index contributed by atoms with van der Waals surface area (Å²) in [5.41, 5.74) is 0. The highest BCUT2D eigenvalue weighted by atomic mass is 31.2. The van der Waals surface area contributed by atoms with E-state index in [4.69, 9.17) is 9.47 Å². The van der Waals surface area contributed by atoms with Crippen LogP contribution in [0.2, 0.25) is 0 Å². The van der Waals surface area contributed by atoms with Crippen molar-refractivity contribution in [3.05, 3.63) is 72.8 Å². The van der Waals surface area contributed by atoms with Crippen molar-refractivity contribution in [2.24, 2.45) is 0 Å². The lowest BCUT2D eigenvalue weighted by atomic mass is 10.3. The molecular formula is C20H20O5P2. The lowest BCUT2D eigenvalue weighted by Crippen LogP contribution is -2.32. The van der Waals surface area contributed by atoms with E-state index in [2.05, 4.69) is 0 Å². The first-order chi connectivity index (χ1) is 13.0. The Morgan fingerprint density at radius 1 is 0.704 bits per heavy atom. The van der Waals surface area contributed by atoms with E-state index in [1.165, 1.54) is 6.07 Å². The molecule has 0 aliphatic carbocycles. The summed E-state index contributed by atoms with van der Waals surface area (Å²) < 4.78 is 23.3. The van der Waals surface area contributed by atoms with E-state index in [1.54, 1.807) is 32.4 Å². The molecular weight excluding hydrogens is 382 g/mol. The van der Waals surface area contributed by atoms with Crippen LogP contribution in [0.4, 0.5) is 0 Å². The third-order valence-electron chi connectivity index (χ3n) is 4.09. The maximum Gasteiger partial charge on any atom is 0.356 e. The smallest absolute Gasteiger partial charge is 0.356 e. The zero-order valence-electron chi connectivity index (χ0n) is 14.9. The molecule has 0 aliphatic rings. The largest absolute Gasteiger partial charge is 0.496 e. The van der Waals surface area contributed by atoms with Crippen molar-refractivity contribution < 1.29 is 23.8 Å². The maximum atomic E-state index is 12.2. The maximum absolute atomic E-state index is 12.2. The lowest BCUT2D eigenvalue weighted by molar-refractivity contribution is 0.387. The monoisotopic (exact) mass is 402 g/mol. The van der Waals surface area contributed by atoms with Gasteiger partial charge in [0.25, 0.3) is 0 Å². The van der Waals surface area contributed by atoms with E-state index >= 15 is 0 Å². The Hall–Kier alpha value is -2.16. The van der Waals surface area contributed by atoms with Crippen LogP contribution in [0, 0.1) is 0 Å². The van der Waals surface area contributed by atoms with Crippen molar-refractivity contribution in [2.75, 3.05) is 14.2 Å². The lowest BCUT2D eigenvalue weighted by Gasteiger charge is -2.25. The molecule has 0 unspecified atom stereocenters. The van der Waals surface area contributed by atoms with Crippen LogP contribution in [0.3, 0.4) is 0 Å². The first-order valence-electron chi connectivity index (χ1n) is 8.18. The molecule has 0 spiro atoms. The first kappa shape index (κ1) is 19.6. The van der Waals surface area contributed by atoms with Crippen LogP contribution in [-0.4, -0.2) is 24.0 Å². The molecule has 0 heterocycles. The van der Waals surface area contributed by atoms with Gasteiger partial charge in [-0.15, -0.1) is 0 Å². The van der Waals surface area contributed by atoms with Gasteiger partial charge in [-0.05, 0) is 26.1 Å². The number of hydrogen-bond acceptors (Lipinski definition) is 3. The van der Waals surface area contributed by atoms with E-state index in [-0.39, 0.29) is 5.30 Å². The zero-order valence-corrected chi connectivity index (χ0v) is 16.7. The fourth-order valence-corrected chi connectivity index (χ4v) is 6.82. The van der Waals surface area contributed by atoms with Gasteiger partial charge in [0.1, 0.15) is 11.5 Å². The van der Waals surface area contributed by atoms with Gasteiger partial charge in [-0.25, -0.2) is 0 Å². The second-order valence-corrected chi connectivity index (χ2v) is 9.40. The molecule has 3 rings (SSSR count). The molecule has 7 heteroatoms. The molecule has 140 valence electrons. The van der Waals surface area contributed by atoms with Crippen molar-refractivity contribution >= 4 is 36.7 Å². The van der Waals surface area contributed by atoms with Crippen LogP contribution in [0.5, 0.6) is 11.5 Å². The minimum Gasteiger partial charge on any atom is -0.496 e. The summed E-state index contributed by atoms with van der Waals surface area (Å²) in [6, 6.07) is 21.7. The minimum absolute atomic E-state index is 0.0212. The molecule has 5 nitrogen and oxygen atoms in total. The number of ether oxygens (including phenoxy) is 2. The van der Waals surface area contributed by atoms with E-state index in [9.17, 15) is 14.4 Å². The molecule has 2 N–H and O–H groups in total. The van der Waals surface area contributed by atoms with Crippen LogP contribution >= 0.6 is 15.5 Å². The van der Waals surface area contributed by atoms with Crippen molar-refractivity contribution in [3.63, 3.8) is 0 Å². The second-order valence-electron chi connectivity index (χ2n) is 5.71. The molecule has 0 aromatic heterocycles. The summed E-state index contributed by atoms with van der Waals surface area (Å²) in [5.74, 6) is 1.32. The van der Waals surface area contributed by atoms with Gasteiger partial charge >= 0.3 is 7.60 Å². The fraction of sp³-hybridized carbons (Fsp3) is 0.100. The van der Waals surface area contributed by atoms with Gasteiger partial charge < -0.3 is 19.3 Å². The average Bonchev–Trinajstić information content (AvgIpc) is 2.68. The Morgan fingerprint density at radius 2 is 1.11 bits per heavy atom. The quantitative estimate of drug-likeness (QED) is 0.619. The van der Waals surface area contributed by atoms with E-state index in [0.717, 1.165) is 10.6 Å². The first-order valence-corrected chi connectivity index (χ1v) is 11.1. The Morgan fingerprint density at radius 3 is 1.56 bits per heavy atom. The highest BCUT2D eigenvalue weighted by Crippen LogP contribution is 2.42. The molecule has 0 aliphatic heterocycles. The van der Waals surface area contributed by atoms with E-state index in [1.807, 2.05) is 48.5 Å². The normalized spacial score (nSPS) is 11.4. The Labute approximate surface area is 159 Å². The zero-order chi connectivity index (χ0) is 19.4. The van der Waals surface area contributed by atoms with Gasteiger partial charge in [-0.3, -0.25) is 4.57 Å². The van der Waals surface area contributed by atoms with Crippen molar-refractivity contribution in [1.82, 2.24) is 0 Å². The number of hydrogen-bond donors (Lipinski definition) is 2. The second kappa shape index (κ2) is 8.24. The van der Waals surface area contributed by atoms with Gasteiger partial charge in [0, 0.05) is 15.9 Å². The summed E-state index contributed by atoms with van der Waals surface area (Å²) in [6.07, 6.45) is 0. The van der Waals surface area contributed by atoms with Crippen LogP contribution in [-0.2, 0) is 4.57 Å². The molecule has 0 bridgehead atoms. The average molecular weight is 402 g/mol. The molecule has 0 atom stereocenters. The number of rotatable bonds is 6. The number of benzene rings is 3. The third-order valence-corrected chi connectivity index (χ3v) is 7.86. The third kappa shape index (κ3) is 4.07. The van der Waals surface area contributed by atoms with Crippen molar-refractivity contribution in [2.45, 2.75) is 0 Å². The summed E-state index contributed by atoms with van der Waals surface area (Å²) in [7, 11) is -2.62. The van der Waals surface area contributed by atoms with E-state index in [0.29, 0.717) is 16.8 Å². The van der Waals surface area contributed by atoms with Gasteiger partial charge in [-0.1, -0.05) is 54.6 Å².